The molecule has 8 heteroatoms. The van der Waals surface area contributed by atoms with Gasteiger partial charge in [0.2, 0.25) is 0 Å². The van der Waals surface area contributed by atoms with Gasteiger partial charge in [-0.1, -0.05) is 6.07 Å². The van der Waals surface area contributed by atoms with Crippen molar-refractivity contribution < 1.29 is 5.11 Å². The van der Waals surface area contributed by atoms with E-state index in [1.165, 1.54) is 0 Å². The lowest BCUT2D eigenvalue weighted by Crippen LogP contribution is -2.42. The fraction of sp³-hybridized carbons (Fsp3) is 0.389. The molecule has 3 aromatic rings. The molecule has 136 valence electrons. The molecule has 0 bridgehead atoms. The van der Waals surface area contributed by atoms with E-state index in [9.17, 15) is 5.11 Å². The molecule has 1 aliphatic rings. The Hall–Kier alpha value is -2.19. The number of nitrogens with zero attached hydrogens (tertiary/aromatic N) is 5. The van der Waals surface area contributed by atoms with E-state index >= 15 is 0 Å². The Morgan fingerprint density at radius 1 is 1.31 bits per heavy atom. The molecule has 1 unspecified atom stereocenters. The summed E-state index contributed by atoms with van der Waals surface area (Å²) in [5.74, 6) is 1.73. The highest BCUT2D eigenvalue weighted by Gasteiger charge is 2.24. The second kappa shape index (κ2) is 7.59. The van der Waals surface area contributed by atoms with Crippen molar-refractivity contribution in [2.45, 2.75) is 31.8 Å². The lowest BCUT2D eigenvalue weighted by Gasteiger charge is -2.35. The maximum Gasteiger partial charge on any atom is 0.173 e. The number of pyridine rings is 1. The highest BCUT2D eigenvalue weighted by atomic mass is 79.9. The molecule has 1 aliphatic heterocycles. The summed E-state index contributed by atoms with van der Waals surface area (Å²) < 4.78 is 2.64. The minimum absolute atomic E-state index is 0.117. The predicted molar refractivity (Wildman–Crippen MR) is 104 cm³/mol. The number of aromatic nitrogens is 4. The number of halogens is 1. The van der Waals surface area contributed by atoms with Crippen LogP contribution in [0.25, 0.3) is 5.65 Å². The molecule has 2 N–H and O–H groups in total. The average Bonchev–Trinajstić information content (AvgIpc) is 3.08. The normalized spacial score (nSPS) is 17.6. The molecule has 1 atom stereocenters. The van der Waals surface area contributed by atoms with Crippen LogP contribution in [0.1, 0.15) is 24.8 Å². The van der Waals surface area contributed by atoms with E-state index < -0.39 is 0 Å². The molecule has 0 aliphatic carbocycles. The number of piperidine rings is 1. The van der Waals surface area contributed by atoms with Crippen LogP contribution in [0.3, 0.4) is 0 Å². The third-order valence-electron chi connectivity index (χ3n) is 4.74. The topological polar surface area (TPSA) is 78.6 Å². The van der Waals surface area contributed by atoms with Gasteiger partial charge in [-0.2, -0.15) is 9.61 Å². The van der Waals surface area contributed by atoms with Gasteiger partial charge in [0.15, 0.2) is 5.65 Å². The zero-order chi connectivity index (χ0) is 17.9. The number of aliphatic hydroxyl groups excluding tert-OH is 1. The van der Waals surface area contributed by atoms with Crippen LogP contribution in [-0.4, -0.2) is 43.9 Å². The van der Waals surface area contributed by atoms with Crippen molar-refractivity contribution in [3.05, 3.63) is 46.8 Å². The first-order valence-electron chi connectivity index (χ1n) is 8.81. The fourth-order valence-electron chi connectivity index (χ4n) is 3.38. The minimum Gasteiger partial charge on any atom is -0.394 e. The van der Waals surface area contributed by atoms with Crippen LogP contribution in [0.5, 0.6) is 0 Å². The number of hydrogen-bond donors (Lipinski definition) is 2. The van der Waals surface area contributed by atoms with Gasteiger partial charge in [-0.15, -0.1) is 0 Å². The average molecular weight is 417 g/mol. The first kappa shape index (κ1) is 17.2. The summed E-state index contributed by atoms with van der Waals surface area (Å²) in [6.45, 7) is 1.70. The Morgan fingerprint density at radius 3 is 3.04 bits per heavy atom. The van der Waals surface area contributed by atoms with Crippen molar-refractivity contribution in [3.8, 4) is 0 Å². The zero-order valence-electron chi connectivity index (χ0n) is 14.3. The molecule has 4 heterocycles. The smallest absolute Gasteiger partial charge is 0.173 e. The second-order valence-corrected chi connectivity index (χ2v) is 7.32. The van der Waals surface area contributed by atoms with E-state index in [0.717, 1.165) is 53.1 Å². The molecule has 4 rings (SSSR count). The largest absolute Gasteiger partial charge is 0.394 e. The molecule has 0 amide bonds. The van der Waals surface area contributed by atoms with Crippen LogP contribution in [0.15, 0.2) is 41.3 Å². The molecular formula is C18H21BrN6O. The van der Waals surface area contributed by atoms with Gasteiger partial charge in [0.25, 0.3) is 0 Å². The van der Waals surface area contributed by atoms with Crippen molar-refractivity contribution in [2.24, 2.45) is 0 Å². The van der Waals surface area contributed by atoms with E-state index in [1.807, 2.05) is 24.4 Å². The van der Waals surface area contributed by atoms with Gasteiger partial charge in [-0.05, 0) is 46.8 Å². The molecule has 1 saturated heterocycles. The molecule has 26 heavy (non-hydrogen) atoms. The van der Waals surface area contributed by atoms with Crippen LogP contribution in [-0.2, 0) is 6.54 Å². The molecule has 3 aromatic heterocycles. The predicted octanol–water partition coefficient (Wildman–Crippen LogP) is 2.85. The first-order valence-corrected chi connectivity index (χ1v) is 9.60. The summed E-state index contributed by atoms with van der Waals surface area (Å²) in [5.41, 5.74) is 1.86. The number of nitrogens with one attached hydrogen (secondary N) is 1. The third-order valence-corrected chi connectivity index (χ3v) is 5.30. The second-order valence-electron chi connectivity index (χ2n) is 6.47. The highest BCUT2D eigenvalue weighted by Crippen LogP contribution is 2.28. The van der Waals surface area contributed by atoms with Gasteiger partial charge in [0.05, 0.1) is 23.3 Å². The maximum atomic E-state index is 9.75. The fourth-order valence-corrected chi connectivity index (χ4v) is 3.73. The molecular weight excluding hydrogens is 396 g/mol. The van der Waals surface area contributed by atoms with E-state index in [4.69, 9.17) is 4.98 Å². The molecule has 0 radical (unpaired) electrons. The standard InChI is InChI=1S/C18H21BrN6O/c19-15-11-22-25-16(21-10-13-4-3-6-20-9-13)8-17(23-18(15)25)24-7-2-1-5-14(24)12-26/h3-4,6,8-9,11,14,21,26H,1-2,5,7,10,12H2. The van der Waals surface area contributed by atoms with Crippen molar-refractivity contribution in [1.29, 1.82) is 0 Å². The minimum atomic E-state index is 0.117. The summed E-state index contributed by atoms with van der Waals surface area (Å²) in [5, 5.41) is 17.6. The molecule has 1 fully saturated rings. The van der Waals surface area contributed by atoms with Crippen LogP contribution in [0.4, 0.5) is 11.6 Å². The van der Waals surface area contributed by atoms with Crippen LogP contribution in [0.2, 0.25) is 0 Å². The zero-order valence-corrected chi connectivity index (χ0v) is 15.9. The molecule has 0 saturated carbocycles. The number of aliphatic hydroxyl groups is 1. The Bertz CT molecular complexity index is 884. The SMILES string of the molecule is OCC1CCCCN1c1cc(NCc2cccnc2)n2ncc(Br)c2n1. The third kappa shape index (κ3) is 3.39. The van der Waals surface area contributed by atoms with E-state index in [-0.39, 0.29) is 12.6 Å². The van der Waals surface area contributed by atoms with Crippen molar-refractivity contribution in [2.75, 3.05) is 23.4 Å². The number of anilines is 2. The number of fused-ring (bicyclic) bond motifs is 1. The summed E-state index contributed by atoms with van der Waals surface area (Å²) in [6, 6.07) is 6.09. The van der Waals surface area contributed by atoms with Gasteiger partial charge in [0, 0.05) is 31.5 Å². The summed E-state index contributed by atoms with van der Waals surface area (Å²) in [6.07, 6.45) is 8.61. The van der Waals surface area contributed by atoms with Gasteiger partial charge in [-0.25, -0.2) is 4.98 Å². The number of rotatable bonds is 5. The highest BCUT2D eigenvalue weighted by molar-refractivity contribution is 9.10. The van der Waals surface area contributed by atoms with Gasteiger partial charge < -0.3 is 15.3 Å². The van der Waals surface area contributed by atoms with Crippen LogP contribution in [0, 0.1) is 0 Å². The Labute approximate surface area is 160 Å². The van der Waals surface area contributed by atoms with Crippen molar-refractivity contribution >= 4 is 33.2 Å². The molecule has 7 nitrogen and oxygen atoms in total. The van der Waals surface area contributed by atoms with E-state index in [1.54, 1.807) is 16.9 Å². The van der Waals surface area contributed by atoms with E-state index in [2.05, 4.69) is 36.2 Å². The van der Waals surface area contributed by atoms with Gasteiger partial charge in [-0.3, -0.25) is 4.98 Å². The van der Waals surface area contributed by atoms with Crippen LogP contribution >= 0.6 is 15.9 Å². The van der Waals surface area contributed by atoms with Gasteiger partial charge >= 0.3 is 0 Å². The van der Waals surface area contributed by atoms with Gasteiger partial charge in [0.1, 0.15) is 11.6 Å². The summed E-state index contributed by atoms with van der Waals surface area (Å²) >= 11 is 3.54. The quantitative estimate of drug-likeness (QED) is 0.665. The Balaban J connectivity index is 1.69. The van der Waals surface area contributed by atoms with Crippen molar-refractivity contribution in [1.82, 2.24) is 19.6 Å². The Morgan fingerprint density at radius 2 is 2.23 bits per heavy atom. The lowest BCUT2D eigenvalue weighted by molar-refractivity contribution is 0.239. The maximum absolute atomic E-state index is 9.75. The van der Waals surface area contributed by atoms with Crippen molar-refractivity contribution in [3.63, 3.8) is 0 Å². The first-order chi connectivity index (χ1) is 12.8. The Kier molecular flexibility index (Phi) is 5.03. The number of hydrogen-bond acceptors (Lipinski definition) is 6. The monoisotopic (exact) mass is 416 g/mol. The summed E-state index contributed by atoms with van der Waals surface area (Å²) in [7, 11) is 0. The van der Waals surface area contributed by atoms with Crippen LogP contribution < -0.4 is 10.2 Å². The lowest BCUT2D eigenvalue weighted by atomic mass is 10.0. The molecule has 0 spiro atoms. The van der Waals surface area contributed by atoms with E-state index in [0.29, 0.717) is 6.54 Å². The summed E-state index contributed by atoms with van der Waals surface area (Å²) in [4.78, 5) is 11.2. The molecule has 0 aromatic carbocycles.